The first-order valence-corrected chi connectivity index (χ1v) is 9.51. The maximum absolute atomic E-state index is 10.3. The number of thioether (sulfide) groups is 1. The summed E-state index contributed by atoms with van der Waals surface area (Å²) in [5.74, 6) is 2.12. The molecule has 26 heavy (non-hydrogen) atoms. The van der Waals surface area contributed by atoms with Crippen LogP contribution in [-0.2, 0) is 0 Å². The maximum atomic E-state index is 10.3. The summed E-state index contributed by atoms with van der Waals surface area (Å²) in [6.07, 6.45) is -0.596. The van der Waals surface area contributed by atoms with Gasteiger partial charge in [0.05, 0.1) is 6.10 Å². The van der Waals surface area contributed by atoms with Gasteiger partial charge in [-0.05, 0) is 50.1 Å². The quantitative estimate of drug-likeness (QED) is 0.643. The molecular formula is C20H23N3O2S. The van der Waals surface area contributed by atoms with E-state index in [-0.39, 0.29) is 6.61 Å². The normalized spacial score (nSPS) is 12.2. The Bertz CT molecular complexity index is 865. The Kier molecular flexibility index (Phi) is 5.96. The number of aromatic nitrogens is 3. The van der Waals surface area contributed by atoms with E-state index in [4.69, 9.17) is 4.74 Å². The van der Waals surface area contributed by atoms with E-state index in [1.165, 1.54) is 11.8 Å². The van der Waals surface area contributed by atoms with Crippen LogP contribution in [0.4, 0.5) is 0 Å². The molecule has 0 radical (unpaired) electrons. The Labute approximate surface area is 158 Å². The van der Waals surface area contributed by atoms with Gasteiger partial charge in [0.15, 0.2) is 5.16 Å². The van der Waals surface area contributed by atoms with E-state index in [9.17, 15) is 5.11 Å². The lowest BCUT2D eigenvalue weighted by molar-refractivity contribution is 0.126. The van der Waals surface area contributed by atoms with Gasteiger partial charge in [-0.3, -0.25) is 4.57 Å². The molecule has 0 fully saturated rings. The minimum Gasteiger partial charge on any atom is -0.491 e. The number of aryl methyl sites for hydroxylation is 3. The third-order valence-corrected chi connectivity index (χ3v) is 5.06. The number of nitrogens with zero attached hydrogens (tertiary/aromatic N) is 3. The molecule has 3 aromatic rings. The van der Waals surface area contributed by atoms with Gasteiger partial charge < -0.3 is 9.84 Å². The minimum atomic E-state index is -0.596. The van der Waals surface area contributed by atoms with Crippen LogP contribution < -0.4 is 4.74 Å². The number of aliphatic hydroxyl groups is 1. The lowest BCUT2D eigenvalue weighted by Crippen LogP contribution is -2.20. The number of rotatable bonds is 7. The van der Waals surface area contributed by atoms with Crippen molar-refractivity contribution < 1.29 is 9.84 Å². The molecule has 1 atom stereocenters. The first-order chi connectivity index (χ1) is 12.5. The van der Waals surface area contributed by atoms with Gasteiger partial charge in [0.2, 0.25) is 0 Å². The topological polar surface area (TPSA) is 60.2 Å². The smallest absolute Gasteiger partial charge is 0.195 e. The van der Waals surface area contributed by atoms with Crippen molar-refractivity contribution in [2.45, 2.75) is 32.0 Å². The third kappa shape index (κ3) is 4.45. The van der Waals surface area contributed by atoms with Crippen molar-refractivity contribution in [3.05, 3.63) is 65.5 Å². The fourth-order valence-electron chi connectivity index (χ4n) is 2.58. The highest BCUT2D eigenvalue weighted by atomic mass is 32.2. The second-order valence-corrected chi connectivity index (χ2v) is 7.23. The first-order valence-electron chi connectivity index (χ1n) is 8.53. The molecule has 0 unspecified atom stereocenters. The molecule has 0 saturated carbocycles. The van der Waals surface area contributed by atoms with Crippen molar-refractivity contribution in [2.75, 3.05) is 12.4 Å². The van der Waals surface area contributed by atoms with Gasteiger partial charge in [-0.25, -0.2) is 0 Å². The average Bonchev–Trinajstić information content (AvgIpc) is 3.02. The molecule has 0 aliphatic rings. The van der Waals surface area contributed by atoms with Gasteiger partial charge in [-0.2, -0.15) is 0 Å². The predicted octanol–water partition coefficient (Wildman–Crippen LogP) is 3.72. The predicted molar refractivity (Wildman–Crippen MR) is 104 cm³/mol. The molecule has 1 heterocycles. The van der Waals surface area contributed by atoms with Gasteiger partial charge in [0, 0.05) is 11.4 Å². The van der Waals surface area contributed by atoms with Crippen molar-refractivity contribution in [3.63, 3.8) is 0 Å². The summed E-state index contributed by atoms with van der Waals surface area (Å²) >= 11 is 1.47. The molecule has 1 aromatic heterocycles. The van der Waals surface area contributed by atoms with Crippen molar-refractivity contribution >= 4 is 11.8 Å². The first kappa shape index (κ1) is 18.5. The summed E-state index contributed by atoms with van der Waals surface area (Å²) in [6, 6.07) is 16.0. The van der Waals surface area contributed by atoms with Crippen molar-refractivity contribution in [1.29, 1.82) is 0 Å². The monoisotopic (exact) mass is 369 g/mol. The second kappa shape index (κ2) is 8.38. The number of ether oxygens (including phenoxy) is 1. The van der Waals surface area contributed by atoms with Crippen molar-refractivity contribution in [1.82, 2.24) is 14.8 Å². The van der Waals surface area contributed by atoms with Gasteiger partial charge >= 0.3 is 0 Å². The molecule has 0 aliphatic heterocycles. The maximum Gasteiger partial charge on any atom is 0.195 e. The molecule has 0 bridgehead atoms. The number of aliphatic hydroxyl groups excluding tert-OH is 1. The number of hydrogen-bond acceptors (Lipinski definition) is 5. The highest BCUT2D eigenvalue weighted by Crippen LogP contribution is 2.23. The number of para-hydroxylation sites is 1. The second-order valence-electron chi connectivity index (χ2n) is 6.25. The summed E-state index contributed by atoms with van der Waals surface area (Å²) in [5.41, 5.74) is 3.22. The zero-order valence-electron chi connectivity index (χ0n) is 15.2. The summed E-state index contributed by atoms with van der Waals surface area (Å²) in [7, 11) is 0. The van der Waals surface area contributed by atoms with E-state index in [2.05, 4.69) is 10.2 Å². The van der Waals surface area contributed by atoms with Crippen LogP contribution in [0.1, 0.15) is 17.0 Å². The van der Waals surface area contributed by atoms with Gasteiger partial charge in [0.25, 0.3) is 0 Å². The fourth-order valence-corrected chi connectivity index (χ4v) is 3.48. The Balaban J connectivity index is 1.60. The van der Waals surface area contributed by atoms with Crippen LogP contribution in [0.3, 0.4) is 0 Å². The zero-order valence-corrected chi connectivity index (χ0v) is 16.0. The highest BCUT2D eigenvalue weighted by Gasteiger charge is 2.14. The molecule has 1 N–H and O–H groups in total. The lowest BCUT2D eigenvalue weighted by Gasteiger charge is -2.14. The van der Waals surface area contributed by atoms with E-state index in [1.807, 2.05) is 73.9 Å². The van der Waals surface area contributed by atoms with E-state index < -0.39 is 6.10 Å². The van der Waals surface area contributed by atoms with E-state index in [1.54, 1.807) is 0 Å². The Hall–Kier alpha value is -2.31. The van der Waals surface area contributed by atoms with Crippen LogP contribution in [0.2, 0.25) is 0 Å². The molecule has 136 valence electrons. The van der Waals surface area contributed by atoms with Crippen LogP contribution in [0.15, 0.2) is 53.7 Å². The molecule has 0 saturated heterocycles. The molecule has 0 amide bonds. The van der Waals surface area contributed by atoms with Gasteiger partial charge in [-0.1, -0.05) is 42.1 Å². The molecule has 0 aliphatic carbocycles. The van der Waals surface area contributed by atoms with Crippen LogP contribution in [0.5, 0.6) is 5.75 Å². The molecule has 5 nitrogen and oxygen atoms in total. The Morgan fingerprint density at radius 2 is 1.85 bits per heavy atom. The summed E-state index contributed by atoms with van der Waals surface area (Å²) in [4.78, 5) is 0. The van der Waals surface area contributed by atoms with Crippen LogP contribution in [0, 0.1) is 20.8 Å². The van der Waals surface area contributed by atoms with Gasteiger partial charge in [-0.15, -0.1) is 10.2 Å². The molecular weight excluding hydrogens is 346 g/mol. The standard InChI is InChI=1S/C20H23N3O2S/c1-14-9-10-15(2)19(11-14)25-12-18(24)13-26-20-22-21-16(3)23(20)17-7-5-4-6-8-17/h4-11,18,24H,12-13H2,1-3H3/t18-/m1/s1. The largest absolute Gasteiger partial charge is 0.491 e. The van der Waals surface area contributed by atoms with E-state index in [0.717, 1.165) is 33.5 Å². The summed E-state index contributed by atoms with van der Waals surface area (Å²) in [5, 5.41) is 19.5. The molecule has 0 spiro atoms. The summed E-state index contributed by atoms with van der Waals surface area (Å²) < 4.78 is 7.77. The Morgan fingerprint density at radius 1 is 1.08 bits per heavy atom. The fraction of sp³-hybridized carbons (Fsp3) is 0.300. The van der Waals surface area contributed by atoms with Crippen molar-refractivity contribution in [3.8, 4) is 11.4 Å². The van der Waals surface area contributed by atoms with Crippen LogP contribution >= 0.6 is 11.8 Å². The number of benzene rings is 2. The van der Waals surface area contributed by atoms with E-state index in [0.29, 0.717) is 5.75 Å². The summed E-state index contributed by atoms with van der Waals surface area (Å²) in [6.45, 7) is 6.19. The molecule has 6 heteroatoms. The third-order valence-electron chi connectivity index (χ3n) is 3.99. The van der Waals surface area contributed by atoms with E-state index >= 15 is 0 Å². The Morgan fingerprint density at radius 3 is 2.62 bits per heavy atom. The van der Waals surface area contributed by atoms with Gasteiger partial charge in [0.1, 0.15) is 18.2 Å². The molecule has 2 aromatic carbocycles. The zero-order chi connectivity index (χ0) is 18.5. The van der Waals surface area contributed by atoms with Crippen molar-refractivity contribution in [2.24, 2.45) is 0 Å². The molecule has 3 rings (SSSR count). The van der Waals surface area contributed by atoms with Crippen LogP contribution in [0.25, 0.3) is 5.69 Å². The SMILES string of the molecule is Cc1ccc(C)c(OC[C@@H](O)CSc2nnc(C)n2-c2ccccc2)c1. The van der Waals surface area contributed by atoms with Crippen LogP contribution in [-0.4, -0.2) is 38.3 Å². The highest BCUT2D eigenvalue weighted by molar-refractivity contribution is 7.99. The minimum absolute atomic E-state index is 0.246. The lowest BCUT2D eigenvalue weighted by atomic mass is 10.1. The average molecular weight is 369 g/mol. The number of hydrogen-bond donors (Lipinski definition) is 1.